The summed E-state index contributed by atoms with van der Waals surface area (Å²) in [5.74, 6) is -0.765. The van der Waals surface area contributed by atoms with Gasteiger partial charge in [-0.25, -0.2) is 0 Å². The predicted molar refractivity (Wildman–Crippen MR) is 80.7 cm³/mol. The Balaban J connectivity index is 1.86. The number of azide groups is 1. The number of benzene rings is 2. The molecule has 0 aliphatic carbocycles. The molecule has 0 fully saturated rings. The lowest BCUT2D eigenvalue weighted by Crippen LogP contribution is -2.15. The van der Waals surface area contributed by atoms with Crippen LogP contribution in [0.15, 0.2) is 59.7 Å². The highest BCUT2D eigenvalue weighted by atomic mass is 16.5. The number of Topliss-reactive ketones (excluding diaryl/α,β-unsaturated/α-hetero) is 1. The van der Waals surface area contributed by atoms with Gasteiger partial charge in [-0.15, -0.1) is 0 Å². The minimum atomic E-state index is -0.453. The Morgan fingerprint density at radius 3 is 2.36 bits per heavy atom. The average molecular weight is 295 g/mol. The maximum atomic E-state index is 11.9. The molecule has 0 radical (unpaired) electrons. The molecule has 22 heavy (non-hydrogen) atoms. The van der Waals surface area contributed by atoms with Crippen LogP contribution in [0.25, 0.3) is 10.4 Å². The van der Waals surface area contributed by atoms with Gasteiger partial charge in [-0.2, -0.15) is 0 Å². The molecule has 2 aromatic carbocycles. The molecule has 6 heteroatoms. The Morgan fingerprint density at radius 1 is 1.05 bits per heavy atom. The van der Waals surface area contributed by atoms with Crippen molar-refractivity contribution in [1.29, 1.82) is 0 Å². The van der Waals surface area contributed by atoms with Crippen molar-refractivity contribution in [1.82, 2.24) is 0 Å². The van der Waals surface area contributed by atoms with Gasteiger partial charge in [0.15, 0.2) is 12.4 Å². The minimum Gasteiger partial charge on any atom is -0.457 e. The van der Waals surface area contributed by atoms with Crippen molar-refractivity contribution in [3.05, 3.63) is 76.2 Å². The standard InChI is InChI=1S/C16H13N3O3/c17-19-18-14-8-6-13(7-9-14)15(20)11-22-16(21)10-12-4-2-1-3-5-12/h1-9H,10-11H2. The predicted octanol–water partition coefficient (Wildman–Crippen LogP) is 3.60. The quantitative estimate of drug-likeness (QED) is 0.268. The molecule has 0 N–H and O–H groups in total. The lowest BCUT2D eigenvalue weighted by Gasteiger charge is -2.05. The molecule has 0 aliphatic heterocycles. The third-order valence-electron chi connectivity index (χ3n) is 2.91. The highest BCUT2D eigenvalue weighted by molar-refractivity contribution is 5.98. The molecule has 2 aromatic rings. The van der Waals surface area contributed by atoms with Gasteiger partial charge in [0.2, 0.25) is 0 Å². The molecule has 0 heterocycles. The molecular formula is C16H13N3O3. The monoisotopic (exact) mass is 295 g/mol. The Labute approximate surface area is 127 Å². The average Bonchev–Trinajstić information content (AvgIpc) is 2.54. The molecule has 0 saturated heterocycles. The fourth-order valence-corrected chi connectivity index (χ4v) is 1.81. The molecule has 0 aliphatic rings. The molecule has 0 aromatic heterocycles. The van der Waals surface area contributed by atoms with Crippen molar-refractivity contribution in [3.63, 3.8) is 0 Å². The van der Waals surface area contributed by atoms with Crippen LogP contribution in [0.1, 0.15) is 15.9 Å². The molecular weight excluding hydrogens is 282 g/mol. The van der Waals surface area contributed by atoms with Gasteiger partial charge in [0.1, 0.15) is 0 Å². The zero-order chi connectivity index (χ0) is 15.8. The van der Waals surface area contributed by atoms with Gasteiger partial charge < -0.3 is 4.74 Å². The van der Waals surface area contributed by atoms with Gasteiger partial charge in [-0.1, -0.05) is 59.7 Å². The van der Waals surface area contributed by atoms with E-state index in [1.807, 2.05) is 30.3 Å². The van der Waals surface area contributed by atoms with Gasteiger partial charge in [-0.05, 0) is 11.1 Å². The van der Waals surface area contributed by atoms with Gasteiger partial charge in [0.25, 0.3) is 0 Å². The van der Waals surface area contributed by atoms with Crippen LogP contribution >= 0.6 is 0 Å². The summed E-state index contributed by atoms with van der Waals surface area (Å²) >= 11 is 0. The highest BCUT2D eigenvalue weighted by Crippen LogP contribution is 2.13. The van der Waals surface area contributed by atoms with Crippen LogP contribution < -0.4 is 0 Å². The van der Waals surface area contributed by atoms with Crippen molar-refractivity contribution < 1.29 is 14.3 Å². The van der Waals surface area contributed by atoms with Gasteiger partial charge in [0.05, 0.1) is 6.42 Å². The topological polar surface area (TPSA) is 92.1 Å². The molecule has 6 nitrogen and oxygen atoms in total. The minimum absolute atomic E-state index is 0.129. The van der Waals surface area contributed by atoms with Crippen LogP contribution in [-0.4, -0.2) is 18.4 Å². The SMILES string of the molecule is [N-]=[N+]=Nc1ccc(C(=O)COC(=O)Cc2ccccc2)cc1. The second-order valence-corrected chi connectivity index (χ2v) is 4.48. The van der Waals surface area contributed by atoms with E-state index in [1.54, 1.807) is 0 Å². The largest absolute Gasteiger partial charge is 0.457 e. The first-order chi connectivity index (χ1) is 10.7. The number of ether oxygens (including phenoxy) is 1. The number of hydrogen-bond donors (Lipinski definition) is 0. The third kappa shape index (κ3) is 4.47. The molecule has 110 valence electrons. The van der Waals surface area contributed by atoms with E-state index in [2.05, 4.69) is 10.0 Å². The summed E-state index contributed by atoms with van der Waals surface area (Å²) in [6.45, 7) is -0.313. The molecule has 2 rings (SSSR count). The molecule has 0 saturated carbocycles. The number of carbonyl (C=O) groups excluding carboxylic acids is 2. The Kier molecular flexibility index (Phi) is 5.29. The van der Waals surface area contributed by atoms with E-state index in [4.69, 9.17) is 10.3 Å². The highest BCUT2D eigenvalue weighted by Gasteiger charge is 2.10. The molecule has 0 spiro atoms. The van der Waals surface area contributed by atoms with Crippen LogP contribution in [0.2, 0.25) is 0 Å². The Morgan fingerprint density at radius 2 is 1.73 bits per heavy atom. The summed E-state index contributed by atoms with van der Waals surface area (Å²) in [4.78, 5) is 26.2. The van der Waals surface area contributed by atoms with Crippen molar-refractivity contribution >= 4 is 17.4 Å². The summed E-state index contributed by atoms with van der Waals surface area (Å²) < 4.78 is 4.97. The van der Waals surface area contributed by atoms with Crippen LogP contribution in [0, 0.1) is 0 Å². The molecule has 0 bridgehead atoms. The maximum Gasteiger partial charge on any atom is 0.310 e. The van der Waals surface area contributed by atoms with Gasteiger partial charge >= 0.3 is 5.97 Å². The lowest BCUT2D eigenvalue weighted by molar-refractivity contribution is -0.141. The first kappa shape index (κ1) is 15.3. The van der Waals surface area contributed by atoms with E-state index < -0.39 is 5.97 Å². The maximum absolute atomic E-state index is 11.9. The van der Waals surface area contributed by atoms with Crippen LogP contribution in [0.4, 0.5) is 5.69 Å². The fraction of sp³-hybridized carbons (Fsp3) is 0.125. The summed E-state index contributed by atoms with van der Waals surface area (Å²) in [5, 5.41) is 3.41. The Bertz CT molecular complexity index is 705. The van der Waals surface area contributed by atoms with Crippen molar-refractivity contribution in [3.8, 4) is 0 Å². The summed E-state index contributed by atoms with van der Waals surface area (Å²) in [6.07, 6.45) is 0.129. The second-order valence-electron chi connectivity index (χ2n) is 4.48. The van der Waals surface area contributed by atoms with E-state index in [0.29, 0.717) is 11.3 Å². The van der Waals surface area contributed by atoms with E-state index in [9.17, 15) is 9.59 Å². The number of rotatable bonds is 6. The van der Waals surface area contributed by atoms with E-state index in [1.165, 1.54) is 24.3 Å². The summed E-state index contributed by atoms with van der Waals surface area (Å²) in [6, 6.07) is 15.3. The smallest absolute Gasteiger partial charge is 0.310 e. The van der Waals surface area contributed by atoms with Crippen LogP contribution in [0.3, 0.4) is 0 Å². The number of ketones is 1. The van der Waals surface area contributed by atoms with Crippen molar-refractivity contribution in [2.75, 3.05) is 6.61 Å². The zero-order valence-corrected chi connectivity index (χ0v) is 11.7. The zero-order valence-electron chi connectivity index (χ0n) is 11.7. The number of carbonyl (C=O) groups is 2. The fourth-order valence-electron chi connectivity index (χ4n) is 1.81. The van der Waals surface area contributed by atoms with Gasteiger partial charge in [0, 0.05) is 16.2 Å². The van der Waals surface area contributed by atoms with E-state index in [-0.39, 0.29) is 18.8 Å². The summed E-state index contributed by atoms with van der Waals surface area (Å²) in [7, 11) is 0. The number of nitrogens with zero attached hydrogens (tertiary/aromatic N) is 3. The normalized spacial score (nSPS) is 9.64. The van der Waals surface area contributed by atoms with E-state index in [0.717, 1.165) is 5.56 Å². The van der Waals surface area contributed by atoms with Crippen LogP contribution in [0.5, 0.6) is 0 Å². The first-order valence-electron chi connectivity index (χ1n) is 6.57. The third-order valence-corrected chi connectivity index (χ3v) is 2.91. The van der Waals surface area contributed by atoms with E-state index >= 15 is 0 Å². The lowest BCUT2D eigenvalue weighted by atomic mass is 10.1. The number of hydrogen-bond acceptors (Lipinski definition) is 4. The molecule has 0 amide bonds. The molecule has 0 atom stereocenters. The van der Waals surface area contributed by atoms with Crippen molar-refractivity contribution in [2.45, 2.75) is 6.42 Å². The second kappa shape index (κ2) is 7.61. The Hall–Kier alpha value is -3.11. The summed E-state index contributed by atoms with van der Waals surface area (Å²) in [5.41, 5.74) is 9.94. The van der Waals surface area contributed by atoms with Crippen LogP contribution in [-0.2, 0) is 16.0 Å². The first-order valence-corrected chi connectivity index (χ1v) is 6.57. The molecule has 0 unspecified atom stereocenters. The number of esters is 1. The van der Waals surface area contributed by atoms with Gasteiger partial charge in [-0.3, -0.25) is 9.59 Å². The van der Waals surface area contributed by atoms with Crippen molar-refractivity contribution in [2.24, 2.45) is 5.11 Å².